The molecule has 2 aromatic rings. The van der Waals surface area contributed by atoms with Gasteiger partial charge in [-0.05, 0) is 24.6 Å². The van der Waals surface area contributed by atoms with Crippen LogP contribution < -0.4 is 4.74 Å². The number of carbonyl (C=O) groups excluding carboxylic acids is 1. The molecule has 3 rings (SSSR count). The summed E-state index contributed by atoms with van der Waals surface area (Å²) in [6.45, 7) is 1.51. The third-order valence-corrected chi connectivity index (χ3v) is 5.26. The van der Waals surface area contributed by atoms with E-state index < -0.39 is 23.7 Å². The summed E-state index contributed by atoms with van der Waals surface area (Å²) >= 11 is 1.23. The molecule has 7 heteroatoms. The van der Waals surface area contributed by atoms with Gasteiger partial charge in [-0.1, -0.05) is 18.2 Å². The number of Topliss-reactive ketones (excluding diaryl/α,β-unsaturated/α-hetero) is 1. The highest BCUT2D eigenvalue weighted by Gasteiger charge is 2.38. The molecule has 0 unspecified atom stereocenters. The van der Waals surface area contributed by atoms with Gasteiger partial charge in [-0.25, -0.2) is 0 Å². The number of hydrogen-bond donors (Lipinski definition) is 3. The molecule has 3 N–H and O–H groups in total. The molecule has 1 aromatic carbocycles. The summed E-state index contributed by atoms with van der Waals surface area (Å²) in [4.78, 5) is 15.7. The fraction of sp³-hybridized carbons (Fsp3) is 0.333. The molecule has 1 aliphatic rings. The first-order valence-corrected chi connectivity index (χ1v) is 8.89. The van der Waals surface area contributed by atoms with Crippen LogP contribution in [0, 0.1) is 0 Å². The molecule has 0 bridgehead atoms. The summed E-state index contributed by atoms with van der Waals surface area (Å²) in [5.41, 5.74) is 1.52. The van der Waals surface area contributed by atoms with Crippen LogP contribution in [0.1, 0.15) is 17.3 Å². The fourth-order valence-corrected chi connectivity index (χ4v) is 3.70. The summed E-state index contributed by atoms with van der Waals surface area (Å²) in [6, 6.07) is 8.97. The molecule has 0 saturated carbocycles. The number of aliphatic hydroxyl groups is 3. The second kappa shape index (κ2) is 7.53. The number of carbonyl (C=O) groups is 1. The number of ketones is 1. The molecule has 1 aromatic heterocycles. The maximum absolute atomic E-state index is 11.5. The molecule has 0 aliphatic carbocycles. The van der Waals surface area contributed by atoms with E-state index >= 15 is 0 Å². The van der Waals surface area contributed by atoms with Crippen molar-refractivity contribution in [2.75, 3.05) is 5.75 Å². The van der Waals surface area contributed by atoms with Gasteiger partial charge in [0.05, 0.1) is 12.3 Å². The van der Waals surface area contributed by atoms with Crippen LogP contribution in [-0.2, 0) is 0 Å². The Kier molecular flexibility index (Phi) is 5.39. The largest absolute Gasteiger partial charge is 0.475 e. The highest BCUT2D eigenvalue weighted by molar-refractivity contribution is 7.99. The maximum Gasteiger partial charge on any atom is 0.173 e. The molecule has 132 valence electrons. The van der Waals surface area contributed by atoms with E-state index in [1.54, 1.807) is 30.5 Å². The van der Waals surface area contributed by atoms with Gasteiger partial charge in [0, 0.05) is 23.1 Å². The smallest absolute Gasteiger partial charge is 0.173 e. The summed E-state index contributed by atoms with van der Waals surface area (Å²) in [5.74, 6) is 0.693. The van der Waals surface area contributed by atoms with Gasteiger partial charge in [0.2, 0.25) is 0 Å². The van der Waals surface area contributed by atoms with Crippen LogP contribution in [-0.4, -0.2) is 55.6 Å². The molecule has 1 saturated heterocycles. The molecule has 2 heterocycles. The zero-order valence-electron chi connectivity index (χ0n) is 13.6. The highest BCUT2D eigenvalue weighted by atomic mass is 32.2. The average Bonchev–Trinajstić information content (AvgIpc) is 2.62. The van der Waals surface area contributed by atoms with Crippen molar-refractivity contribution >= 4 is 17.5 Å². The van der Waals surface area contributed by atoms with Crippen LogP contribution >= 0.6 is 11.8 Å². The van der Waals surface area contributed by atoms with E-state index in [9.17, 15) is 20.1 Å². The van der Waals surface area contributed by atoms with Gasteiger partial charge in [0.1, 0.15) is 18.0 Å². The Morgan fingerprint density at radius 2 is 1.96 bits per heavy atom. The summed E-state index contributed by atoms with van der Waals surface area (Å²) in [7, 11) is 0. The molecule has 6 nitrogen and oxygen atoms in total. The number of thioether (sulfide) groups is 1. The lowest BCUT2D eigenvalue weighted by Gasteiger charge is -2.34. The molecule has 25 heavy (non-hydrogen) atoms. The quantitative estimate of drug-likeness (QED) is 0.709. The van der Waals surface area contributed by atoms with Crippen LogP contribution in [0.4, 0.5) is 0 Å². The van der Waals surface area contributed by atoms with Gasteiger partial charge in [-0.3, -0.25) is 9.78 Å². The minimum atomic E-state index is -1.24. The first-order chi connectivity index (χ1) is 12.0. The van der Waals surface area contributed by atoms with E-state index in [2.05, 4.69) is 4.98 Å². The zero-order valence-corrected chi connectivity index (χ0v) is 14.4. The third kappa shape index (κ3) is 4.01. The average molecular weight is 361 g/mol. The first kappa shape index (κ1) is 17.9. The lowest BCUT2D eigenvalue weighted by atomic mass is 10.0. The number of aliphatic hydroxyl groups excluding tert-OH is 3. The number of nitrogens with zero attached hydrogens (tertiary/aromatic N) is 1. The van der Waals surface area contributed by atoms with Crippen LogP contribution in [0.15, 0.2) is 42.7 Å². The predicted molar refractivity (Wildman–Crippen MR) is 94.6 cm³/mol. The van der Waals surface area contributed by atoms with Gasteiger partial charge in [0.15, 0.2) is 11.2 Å². The van der Waals surface area contributed by atoms with Gasteiger partial charge in [-0.15, -0.1) is 11.8 Å². The lowest BCUT2D eigenvalue weighted by Crippen LogP contribution is -2.50. The van der Waals surface area contributed by atoms with Gasteiger partial charge < -0.3 is 20.1 Å². The van der Waals surface area contributed by atoms with Crippen molar-refractivity contribution in [1.82, 2.24) is 4.98 Å². The Hall–Kier alpha value is -1.93. The number of ether oxygens (including phenoxy) is 1. The zero-order chi connectivity index (χ0) is 18.0. The van der Waals surface area contributed by atoms with E-state index in [0.29, 0.717) is 11.3 Å². The van der Waals surface area contributed by atoms with E-state index in [-0.39, 0.29) is 11.5 Å². The molecular weight excluding hydrogens is 342 g/mol. The minimum Gasteiger partial charge on any atom is -0.475 e. The van der Waals surface area contributed by atoms with Crippen LogP contribution in [0.3, 0.4) is 0 Å². The Morgan fingerprint density at radius 3 is 2.72 bits per heavy atom. The second-order valence-electron chi connectivity index (χ2n) is 5.91. The van der Waals surface area contributed by atoms with Crippen molar-refractivity contribution in [3.63, 3.8) is 0 Å². The third-order valence-electron chi connectivity index (χ3n) is 4.02. The number of hydrogen-bond acceptors (Lipinski definition) is 7. The monoisotopic (exact) mass is 361 g/mol. The van der Waals surface area contributed by atoms with Gasteiger partial charge in [0.25, 0.3) is 0 Å². The highest BCUT2D eigenvalue weighted by Crippen LogP contribution is 2.30. The Bertz CT molecular complexity index is 769. The van der Waals surface area contributed by atoms with E-state index in [4.69, 9.17) is 4.74 Å². The molecule has 4 atom stereocenters. The predicted octanol–water partition coefficient (Wildman–Crippen LogP) is 1.49. The summed E-state index contributed by atoms with van der Waals surface area (Å²) in [5, 5.41) is 29.4. The Labute approximate surface area is 149 Å². The van der Waals surface area contributed by atoms with E-state index in [1.807, 2.05) is 6.07 Å². The number of benzene rings is 1. The number of aromatic nitrogens is 1. The van der Waals surface area contributed by atoms with Crippen molar-refractivity contribution in [2.24, 2.45) is 0 Å². The molecule has 1 aliphatic heterocycles. The van der Waals surface area contributed by atoms with Crippen LogP contribution in [0.5, 0.6) is 5.75 Å². The standard InChI is InChI=1S/C18H19NO5S/c1-10(20)11-3-2-4-12(5-11)13-6-14(8-19-7-13)24-18-17(23)16(22)15(21)9-25-18/h2-8,15-18,21-23H,9H2,1H3/t15-,16+,17-,18+/m1/s1. The Balaban J connectivity index is 1.80. The van der Waals surface area contributed by atoms with Crippen molar-refractivity contribution in [3.05, 3.63) is 48.3 Å². The van der Waals surface area contributed by atoms with Crippen LogP contribution in [0.2, 0.25) is 0 Å². The molecular formula is C18H19NO5S. The van der Waals surface area contributed by atoms with E-state index in [0.717, 1.165) is 11.1 Å². The molecule has 1 fully saturated rings. The van der Waals surface area contributed by atoms with Gasteiger partial charge >= 0.3 is 0 Å². The first-order valence-electron chi connectivity index (χ1n) is 7.84. The van der Waals surface area contributed by atoms with E-state index in [1.165, 1.54) is 24.9 Å². The normalized spacial score (nSPS) is 26.2. The summed E-state index contributed by atoms with van der Waals surface area (Å²) in [6.07, 6.45) is -0.232. The van der Waals surface area contributed by atoms with Crippen molar-refractivity contribution in [3.8, 4) is 16.9 Å². The van der Waals surface area contributed by atoms with Crippen molar-refractivity contribution < 1.29 is 24.9 Å². The minimum absolute atomic E-state index is 0.0171. The SMILES string of the molecule is CC(=O)c1cccc(-c2cncc(O[C@H]3SC[C@@H](O)[C@H](O)[C@H]3O)c2)c1. The molecule has 0 amide bonds. The topological polar surface area (TPSA) is 99.9 Å². The van der Waals surface area contributed by atoms with Crippen molar-refractivity contribution in [2.45, 2.75) is 30.7 Å². The Morgan fingerprint density at radius 1 is 1.16 bits per heavy atom. The maximum atomic E-state index is 11.5. The van der Waals surface area contributed by atoms with Crippen molar-refractivity contribution in [1.29, 1.82) is 0 Å². The lowest BCUT2D eigenvalue weighted by molar-refractivity contribution is -0.0786. The van der Waals surface area contributed by atoms with Crippen LogP contribution in [0.25, 0.3) is 11.1 Å². The van der Waals surface area contributed by atoms with Gasteiger partial charge in [-0.2, -0.15) is 0 Å². The molecule has 0 radical (unpaired) electrons. The molecule has 0 spiro atoms. The number of rotatable bonds is 4. The number of pyridine rings is 1. The fourth-order valence-electron chi connectivity index (χ4n) is 2.58. The summed E-state index contributed by atoms with van der Waals surface area (Å²) < 4.78 is 5.74. The second-order valence-corrected chi connectivity index (χ2v) is 7.05.